The van der Waals surface area contributed by atoms with Gasteiger partial charge in [0.2, 0.25) is 0 Å². The second-order valence-corrected chi connectivity index (χ2v) is 9.99. The Morgan fingerprint density at radius 1 is 1.14 bits per heavy atom. The molecule has 3 heterocycles. The zero-order valence-corrected chi connectivity index (χ0v) is 21.2. The second-order valence-electron chi connectivity index (χ2n) is 9.99. The molecule has 1 saturated heterocycles. The first-order valence-electron chi connectivity index (χ1n) is 12.9. The van der Waals surface area contributed by atoms with E-state index in [0.29, 0.717) is 22.5 Å². The molecule has 3 aromatic rings. The van der Waals surface area contributed by atoms with Crippen LogP contribution in [0.5, 0.6) is 0 Å². The minimum absolute atomic E-state index is 0.0663. The van der Waals surface area contributed by atoms with Crippen molar-refractivity contribution in [2.75, 3.05) is 19.6 Å². The van der Waals surface area contributed by atoms with E-state index in [1.54, 1.807) is 10.8 Å². The van der Waals surface area contributed by atoms with Crippen LogP contribution in [0.2, 0.25) is 0 Å². The lowest BCUT2D eigenvalue weighted by molar-refractivity contribution is 0.204. The lowest BCUT2D eigenvalue weighted by Gasteiger charge is -2.29. The molecule has 0 saturated carbocycles. The van der Waals surface area contributed by atoms with E-state index < -0.39 is 0 Å². The third-order valence-electron chi connectivity index (χ3n) is 6.93. The van der Waals surface area contributed by atoms with Crippen LogP contribution in [0.3, 0.4) is 0 Å². The van der Waals surface area contributed by atoms with E-state index in [1.807, 2.05) is 35.2 Å². The Hall–Kier alpha value is -3.47. The molecule has 2 N–H and O–H groups in total. The predicted molar refractivity (Wildman–Crippen MR) is 145 cm³/mol. The smallest absolute Gasteiger partial charge is 0.267 e. The maximum Gasteiger partial charge on any atom is 0.267 e. The van der Waals surface area contributed by atoms with Crippen LogP contribution in [-0.4, -0.2) is 49.9 Å². The summed E-state index contributed by atoms with van der Waals surface area (Å²) in [6.45, 7) is 8.01. The molecule has 5 rings (SSSR count). The zero-order chi connectivity index (χ0) is 25.1. The number of nitrogens with zero attached hydrogens (tertiary/aromatic N) is 5. The summed E-state index contributed by atoms with van der Waals surface area (Å²) >= 11 is 0. The van der Waals surface area contributed by atoms with Crippen LogP contribution in [0.15, 0.2) is 53.6 Å². The minimum Gasteiger partial charge on any atom is -0.328 e. The third kappa shape index (κ3) is 5.20. The van der Waals surface area contributed by atoms with Crippen LogP contribution in [0, 0.1) is 11.8 Å². The number of benzene rings is 1. The van der Waals surface area contributed by atoms with Gasteiger partial charge in [0, 0.05) is 36.0 Å². The van der Waals surface area contributed by atoms with E-state index in [4.69, 9.17) is 10.7 Å². The Kier molecular flexibility index (Phi) is 7.17. The van der Waals surface area contributed by atoms with Gasteiger partial charge in [-0.15, -0.1) is 0 Å². The molecule has 36 heavy (non-hydrogen) atoms. The van der Waals surface area contributed by atoms with Crippen LogP contribution in [-0.2, 0) is 6.54 Å². The van der Waals surface area contributed by atoms with Gasteiger partial charge in [-0.05, 0) is 57.0 Å². The summed E-state index contributed by atoms with van der Waals surface area (Å²) in [5.74, 6) is 7.32. The highest BCUT2D eigenvalue weighted by Gasteiger charge is 2.18. The first kappa shape index (κ1) is 24.2. The molecule has 0 bridgehead atoms. The summed E-state index contributed by atoms with van der Waals surface area (Å²) in [4.78, 5) is 21.1. The van der Waals surface area contributed by atoms with Gasteiger partial charge in [-0.1, -0.05) is 43.9 Å². The van der Waals surface area contributed by atoms with Gasteiger partial charge in [0.05, 0.1) is 29.2 Å². The minimum atomic E-state index is -0.0663. The number of piperidine rings is 1. The normalized spacial score (nSPS) is 16.8. The topological polar surface area (TPSA) is 82.0 Å². The number of nitrogens with two attached hydrogens (primary N) is 1. The highest BCUT2D eigenvalue weighted by Crippen LogP contribution is 2.23. The van der Waals surface area contributed by atoms with E-state index >= 15 is 0 Å². The number of rotatable bonds is 5. The summed E-state index contributed by atoms with van der Waals surface area (Å²) in [7, 11) is 0. The summed E-state index contributed by atoms with van der Waals surface area (Å²) in [5, 5.41) is 5.04. The average molecular weight is 483 g/mol. The summed E-state index contributed by atoms with van der Waals surface area (Å²) < 4.78 is 3.70. The van der Waals surface area contributed by atoms with Crippen LogP contribution in [0.1, 0.15) is 62.4 Å². The molecule has 1 aliphatic carbocycles. The summed E-state index contributed by atoms with van der Waals surface area (Å²) in [6.07, 6.45) is 14.0. The molecule has 2 aromatic heterocycles. The van der Waals surface area contributed by atoms with Gasteiger partial charge in [0.25, 0.3) is 5.56 Å². The van der Waals surface area contributed by atoms with Crippen molar-refractivity contribution < 1.29 is 0 Å². The lowest BCUT2D eigenvalue weighted by Crippen LogP contribution is -2.40. The molecule has 0 radical (unpaired) electrons. The molecule has 0 atom stereocenters. The Balaban J connectivity index is 1.43. The summed E-state index contributed by atoms with van der Waals surface area (Å²) in [6, 6.07) is 6.05. The van der Waals surface area contributed by atoms with Gasteiger partial charge in [0.15, 0.2) is 0 Å². The van der Waals surface area contributed by atoms with Gasteiger partial charge >= 0.3 is 0 Å². The molecular weight excluding hydrogens is 448 g/mol. The fourth-order valence-corrected chi connectivity index (χ4v) is 4.86. The van der Waals surface area contributed by atoms with Gasteiger partial charge in [-0.2, -0.15) is 5.10 Å². The van der Waals surface area contributed by atoms with Crippen molar-refractivity contribution in [1.29, 1.82) is 0 Å². The molecule has 1 fully saturated rings. The molecule has 186 valence electrons. The van der Waals surface area contributed by atoms with Crippen molar-refractivity contribution in [3.05, 3.63) is 76.1 Å². The molecular formula is C29H34N6O. The molecule has 0 amide bonds. The fraction of sp³-hybridized carbons (Fsp3) is 0.414. The molecule has 1 aromatic carbocycles. The van der Waals surface area contributed by atoms with Gasteiger partial charge in [-0.25, -0.2) is 4.98 Å². The predicted octanol–water partition coefficient (Wildman–Crippen LogP) is 3.73. The van der Waals surface area contributed by atoms with E-state index in [0.717, 1.165) is 68.9 Å². The van der Waals surface area contributed by atoms with Gasteiger partial charge in [0.1, 0.15) is 5.82 Å². The second kappa shape index (κ2) is 10.7. The SMILES string of the molecule is CC(C)c1nc2cccc(C#Cc3cnn(CCN4CCC(N)CC4)c3)c2c(=O)n1C1=CCCC=C1. The molecule has 7 nitrogen and oxygen atoms in total. The van der Waals surface area contributed by atoms with Crippen LogP contribution < -0.4 is 11.3 Å². The largest absolute Gasteiger partial charge is 0.328 e. The van der Waals surface area contributed by atoms with E-state index in [1.165, 1.54) is 0 Å². The van der Waals surface area contributed by atoms with Gasteiger partial charge in [-0.3, -0.25) is 14.0 Å². The zero-order valence-electron chi connectivity index (χ0n) is 21.2. The Morgan fingerprint density at radius 2 is 1.97 bits per heavy atom. The van der Waals surface area contributed by atoms with Crippen molar-refractivity contribution in [3.8, 4) is 11.8 Å². The first-order chi connectivity index (χ1) is 17.5. The van der Waals surface area contributed by atoms with Crippen LogP contribution >= 0.6 is 0 Å². The maximum absolute atomic E-state index is 13.8. The lowest BCUT2D eigenvalue weighted by atomic mass is 10.1. The van der Waals surface area contributed by atoms with Crippen molar-refractivity contribution in [1.82, 2.24) is 24.2 Å². The number of aromatic nitrogens is 4. The molecule has 1 aliphatic heterocycles. The Bertz CT molecular complexity index is 1420. The highest BCUT2D eigenvalue weighted by molar-refractivity contribution is 5.85. The number of allylic oxidation sites excluding steroid dienone is 4. The van der Waals surface area contributed by atoms with Crippen molar-refractivity contribution in [2.24, 2.45) is 5.73 Å². The summed E-state index contributed by atoms with van der Waals surface area (Å²) in [5.41, 5.74) is 9.04. The van der Waals surface area contributed by atoms with Crippen molar-refractivity contribution >= 4 is 16.6 Å². The highest BCUT2D eigenvalue weighted by atomic mass is 16.1. The first-order valence-corrected chi connectivity index (χ1v) is 12.9. The number of hydrogen-bond donors (Lipinski definition) is 1. The fourth-order valence-electron chi connectivity index (χ4n) is 4.86. The molecule has 0 spiro atoms. The van der Waals surface area contributed by atoms with E-state index in [2.05, 4.69) is 47.8 Å². The van der Waals surface area contributed by atoms with E-state index in [-0.39, 0.29) is 11.5 Å². The standard InChI is InChI=1S/C29H34N6O/c1-21(2)28-32-26-10-6-7-23(27(26)29(36)35(28)25-8-4-3-5-9-25)12-11-22-19-31-34(20-22)18-17-33-15-13-24(30)14-16-33/h4,6-10,19-21,24H,3,5,13-18,30H2,1-2H3. The molecule has 0 unspecified atom stereocenters. The quantitative estimate of drug-likeness (QED) is 0.561. The van der Waals surface area contributed by atoms with Crippen molar-refractivity contribution in [2.45, 2.75) is 58.0 Å². The average Bonchev–Trinajstić information content (AvgIpc) is 3.35. The monoisotopic (exact) mass is 482 g/mol. The van der Waals surface area contributed by atoms with Crippen LogP contribution in [0.25, 0.3) is 16.6 Å². The van der Waals surface area contributed by atoms with Crippen LogP contribution in [0.4, 0.5) is 0 Å². The molecule has 7 heteroatoms. The number of hydrogen-bond acceptors (Lipinski definition) is 5. The number of likely N-dealkylation sites (tertiary alicyclic amines) is 1. The van der Waals surface area contributed by atoms with Gasteiger partial charge < -0.3 is 10.6 Å². The molecule has 2 aliphatic rings. The van der Waals surface area contributed by atoms with E-state index in [9.17, 15) is 4.79 Å². The Morgan fingerprint density at radius 3 is 2.72 bits per heavy atom. The number of fused-ring (bicyclic) bond motifs is 1. The third-order valence-corrected chi connectivity index (χ3v) is 6.93. The Labute approximate surface area is 212 Å². The van der Waals surface area contributed by atoms with Crippen molar-refractivity contribution in [3.63, 3.8) is 0 Å². The maximum atomic E-state index is 13.8.